The molecule has 0 unspecified atom stereocenters. The molecule has 0 aromatic carbocycles. The number of nitrogens with one attached hydrogen (secondary N) is 1. The second-order valence-electron chi connectivity index (χ2n) is 7.62. The zero-order valence-electron chi connectivity index (χ0n) is 16.2. The summed E-state index contributed by atoms with van der Waals surface area (Å²) in [6, 6.07) is 4.16. The number of piperazine rings is 1. The number of hydrogen-bond donors (Lipinski definition) is 1. The van der Waals surface area contributed by atoms with E-state index in [-0.39, 0.29) is 12.2 Å². The number of fused-ring (bicyclic) bond motifs is 1. The van der Waals surface area contributed by atoms with Crippen molar-refractivity contribution >= 4 is 22.8 Å². The Bertz CT molecular complexity index is 1010. The third-order valence-corrected chi connectivity index (χ3v) is 5.56. The van der Waals surface area contributed by atoms with E-state index in [1.165, 1.54) is 0 Å². The van der Waals surface area contributed by atoms with Crippen LogP contribution < -0.4 is 4.90 Å². The summed E-state index contributed by atoms with van der Waals surface area (Å²) >= 11 is 0. The summed E-state index contributed by atoms with van der Waals surface area (Å²) in [4.78, 5) is 28.8. The van der Waals surface area contributed by atoms with Crippen LogP contribution in [-0.4, -0.2) is 62.8 Å². The topological polar surface area (TPSA) is 79.3 Å². The fourth-order valence-corrected chi connectivity index (χ4v) is 3.65. The van der Waals surface area contributed by atoms with Gasteiger partial charge in [-0.15, -0.1) is 0 Å². The maximum Gasteiger partial charge on any atom is 0.410 e. The number of aromatic nitrogens is 4. The number of carbonyl (C=O) groups is 1. The van der Waals surface area contributed by atoms with Crippen molar-refractivity contribution in [3.8, 4) is 11.4 Å². The van der Waals surface area contributed by atoms with Crippen LogP contribution in [0.5, 0.6) is 0 Å². The van der Waals surface area contributed by atoms with E-state index in [0.717, 1.165) is 59.9 Å². The van der Waals surface area contributed by atoms with Crippen LogP contribution in [0.15, 0.2) is 24.5 Å². The predicted octanol–water partition coefficient (Wildman–Crippen LogP) is 2.69. The fourth-order valence-electron chi connectivity index (χ4n) is 3.65. The van der Waals surface area contributed by atoms with Gasteiger partial charge >= 0.3 is 6.09 Å². The van der Waals surface area contributed by atoms with E-state index in [1.807, 2.05) is 41.9 Å². The molecular formula is C20H24N6O2. The van der Waals surface area contributed by atoms with E-state index in [1.54, 1.807) is 0 Å². The predicted molar refractivity (Wildman–Crippen MR) is 106 cm³/mol. The summed E-state index contributed by atoms with van der Waals surface area (Å²) in [6.45, 7) is 4.89. The quantitative estimate of drug-likeness (QED) is 0.756. The molecule has 1 saturated heterocycles. The van der Waals surface area contributed by atoms with Crippen LogP contribution in [0.2, 0.25) is 0 Å². The highest BCUT2D eigenvalue weighted by molar-refractivity contribution is 5.93. The van der Waals surface area contributed by atoms with E-state index >= 15 is 0 Å². The third-order valence-electron chi connectivity index (χ3n) is 5.56. The van der Waals surface area contributed by atoms with Crippen molar-refractivity contribution in [2.75, 3.05) is 31.1 Å². The molecular weight excluding hydrogens is 356 g/mol. The molecule has 8 nitrogen and oxygen atoms in total. The summed E-state index contributed by atoms with van der Waals surface area (Å²) in [5.41, 5.74) is 3.86. The largest absolute Gasteiger partial charge is 0.446 e. The zero-order chi connectivity index (χ0) is 19.3. The number of aryl methyl sites for hydroxylation is 2. The number of anilines is 1. The van der Waals surface area contributed by atoms with Crippen LogP contribution >= 0.6 is 0 Å². The van der Waals surface area contributed by atoms with Gasteiger partial charge in [0.15, 0.2) is 0 Å². The minimum absolute atomic E-state index is 0.152. The van der Waals surface area contributed by atoms with Gasteiger partial charge < -0.3 is 24.1 Å². The smallest absolute Gasteiger partial charge is 0.410 e. The summed E-state index contributed by atoms with van der Waals surface area (Å²) in [5.74, 6) is 0.969. The van der Waals surface area contributed by atoms with Crippen molar-refractivity contribution in [2.24, 2.45) is 7.05 Å². The Kier molecular flexibility index (Phi) is 3.99. The minimum Gasteiger partial charge on any atom is -0.446 e. The van der Waals surface area contributed by atoms with Crippen LogP contribution in [-0.2, 0) is 11.8 Å². The summed E-state index contributed by atoms with van der Waals surface area (Å²) in [6.07, 6.45) is 5.84. The highest BCUT2D eigenvalue weighted by Crippen LogP contribution is 2.31. The molecule has 3 aromatic heterocycles. The van der Waals surface area contributed by atoms with Gasteiger partial charge in [0.2, 0.25) is 0 Å². The molecule has 2 aliphatic rings. The van der Waals surface area contributed by atoms with Crippen molar-refractivity contribution in [3.05, 3.63) is 30.4 Å². The minimum atomic E-state index is -0.170. The Morgan fingerprint density at radius 1 is 1.25 bits per heavy atom. The number of imidazole rings is 1. The fraction of sp³-hybridized carbons (Fsp3) is 0.450. The van der Waals surface area contributed by atoms with E-state index in [2.05, 4.69) is 25.9 Å². The Balaban J connectivity index is 1.36. The monoisotopic (exact) mass is 380 g/mol. The number of H-pyrrole nitrogens is 1. The molecule has 3 aromatic rings. The van der Waals surface area contributed by atoms with Crippen LogP contribution in [0, 0.1) is 6.92 Å². The number of pyridine rings is 1. The van der Waals surface area contributed by atoms with Gasteiger partial charge in [-0.1, -0.05) is 0 Å². The normalized spacial score (nSPS) is 17.4. The molecule has 1 saturated carbocycles. The Hall–Kier alpha value is -3.03. The van der Waals surface area contributed by atoms with Gasteiger partial charge in [-0.05, 0) is 31.9 Å². The van der Waals surface area contributed by atoms with Gasteiger partial charge in [0.1, 0.15) is 23.3 Å². The number of ether oxygens (including phenoxy) is 1. The summed E-state index contributed by atoms with van der Waals surface area (Å²) in [5, 5.41) is 1.08. The van der Waals surface area contributed by atoms with Crippen molar-refractivity contribution in [1.29, 1.82) is 0 Å². The lowest BCUT2D eigenvalue weighted by Gasteiger charge is -2.35. The van der Waals surface area contributed by atoms with Crippen LogP contribution in [0.25, 0.3) is 22.4 Å². The first-order valence-corrected chi connectivity index (χ1v) is 9.77. The number of amides is 1. The number of rotatable bonds is 3. The number of hydrogen-bond acceptors (Lipinski definition) is 5. The molecule has 0 radical (unpaired) electrons. The maximum absolute atomic E-state index is 12.2. The molecule has 8 heteroatoms. The van der Waals surface area contributed by atoms with Gasteiger partial charge in [0, 0.05) is 56.7 Å². The van der Waals surface area contributed by atoms with E-state index in [4.69, 9.17) is 4.74 Å². The van der Waals surface area contributed by atoms with Crippen molar-refractivity contribution < 1.29 is 9.53 Å². The van der Waals surface area contributed by atoms with Gasteiger partial charge in [-0.25, -0.2) is 14.8 Å². The lowest BCUT2D eigenvalue weighted by atomic mass is 10.2. The average molecular weight is 380 g/mol. The summed E-state index contributed by atoms with van der Waals surface area (Å²) in [7, 11) is 1.99. The van der Waals surface area contributed by atoms with E-state index < -0.39 is 0 Å². The Labute approximate surface area is 163 Å². The SMILES string of the molecule is Cc1nc(-c2cc3c(N4CCN(C(=O)OC5CC5)CC4)ccnc3[nH]2)cn1C. The van der Waals surface area contributed by atoms with Crippen molar-refractivity contribution in [1.82, 2.24) is 24.4 Å². The number of aromatic amines is 1. The first kappa shape index (κ1) is 17.1. The Morgan fingerprint density at radius 3 is 2.71 bits per heavy atom. The van der Waals surface area contributed by atoms with Gasteiger partial charge in [-0.3, -0.25) is 0 Å². The van der Waals surface area contributed by atoms with Crippen molar-refractivity contribution in [2.45, 2.75) is 25.9 Å². The van der Waals surface area contributed by atoms with Crippen LogP contribution in [0.4, 0.5) is 10.5 Å². The molecule has 1 N–H and O–H groups in total. The second-order valence-corrected chi connectivity index (χ2v) is 7.62. The Morgan fingerprint density at radius 2 is 2.04 bits per heavy atom. The maximum atomic E-state index is 12.2. The van der Waals surface area contributed by atoms with E-state index in [0.29, 0.717) is 13.1 Å². The van der Waals surface area contributed by atoms with Gasteiger partial charge in [-0.2, -0.15) is 0 Å². The number of nitrogens with zero attached hydrogens (tertiary/aromatic N) is 5. The molecule has 0 bridgehead atoms. The standard InChI is InChI=1S/C20H24N6O2/c1-13-22-17(12-24(13)2)16-11-15-18(5-6-21-19(15)23-16)25-7-9-26(10-8-25)20(27)28-14-3-4-14/h5-6,11-12,14H,3-4,7-10H2,1-2H3,(H,21,23). The molecule has 1 aliphatic carbocycles. The van der Waals surface area contributed by atoms with Gasteiger partial charge in [0.25, 0.3) is 0 Å². The average Bonchev–Trinajstić information content (AvgIpc) is 3.30. The van der Waals surface area contributed by atoms with Crippen LogP contribution in [0.1, 0.15) is 18.7 Å². The summed E-state index contributed by atoms with van der Waals surface area (Å²) < 4.78 is 7.43. The number of carbonyl (C=O) groups excluding carboxylic acids is 1. The molecule has 1 amide bonds. The molecule has 146 valence electrons. The molecule has 1 aliphatic heterocycles. The zero-order valence-corrected chi connectivity index (χ0v) is 16.2. The lowest BCUT2D eigenvalue weighted by molar-refractivity contribution is 0.0939. The molecule has 5 rings (SSSR count). The lowest BCUT2D eigenvalue weighted by Crippen LogP contribution is -2.49. The second kappa shape index (κ2) is 6.54. The van der Waals surface area contributed by atoms with Crippen molar-refractivity contribution in [3.63, 3.8) is 0 Å². The highest BCUT2D eigenvalue weighted by Gasteiger charge is 2.30. The first-order valence-electron chi connectivity index (χ1n) is 9.77. The molecule has 4 heterocycles. The molecule has 0 spiro atoms. The molecule has 0 atom stereocenters. The van der Waals surface area contributed by atoms with Gasteiger partial charge in [0.05, 0.1) is 5.69 Å². The third kappa shape index (κ3) is 3.08. The van der Waals surface area contributed by atoms with Crippen LogP contribution in [0.3, 0.4) is 0 Å². The first-order chi connectivity index (χ1) is 13.6. The molecule has 2 fully saturated rings. The van der Waals surface area contributed by atoms with E-state index in [9.17, 15) is 4.79 Å². The molecule has 28 heavy (non-hydrogen) atoms. The highest BCUT2D eigenvalue weighted by atomic mass is 16.6.